The van der Waals surface area contributed by atoms with Gasteiger partial charge in [0, 0.05) is 5.57 Å². The van der Waals surface area contributed by atoms with Gasteiger partial charge in [0.05, 0.1) is 0 Å². The fourth-order valence-electron chi connectivity index (χ4n) is 1.06. The van der Waals surface area contributed by atoms with Gasteiger partial charge in [-0.3, -0.25) is 0 Å². The average molecular weight is 200 g/mol. The zero-order valence-corrected chi connectivity index (χ0v) is 8.83. The number of hydrogen-bond donors (Lipinski definition) is 0. The zero-order chi connectivity index (χ0) is 10.8. The lowest BCUT2D eigenvalue weighted by molar-refractivity contribution is -0.194. The summed E-state index contributed by atoms with van der Waals surface area (Å²) < 4.78 is 15.6. The van der Waals surface area contributed by atoms with Crippen LogP contribution in [-0.2, 0) is 19.0 Å². The Kier molecular flexibility index (Phi) is 3.29. The lowest BCUT2D eigenvalue weighted by Crippen LogP contribution is -2.25. The summed E-state index contributed by atoms with van der Waals surface area (Å²) in [6, 6.07) is 0. The Bertz CT molecular complexity index is 245. The topological polar surface area (TPSA) is 44.8 Å². The Hall–Kier alpha value is -0.870. The molecule has 0 aromatic rings. The van der Waals surface area contributed by atoms with Crippen molar-refractivity contribution >= 4 is 5.97 Å². The molecule has 0 amide bonds. The lowest BCUT2D eigenvalue weighted by Gasteiger charge is -2.16. The molecule has 0 bridgehead atoms. The predicted molar refractivity (Wildman–Crippen MR) is 50.4 cm³/mol. The van der Waals surface area contributed by atoms with E-state index in [0.717, 1.165) is 0 Å². The molecule has 0 aliphatic carbocycles. The number of hydrogen-bond acceptors (Lipinski definition) is 4. The van der Waals surface area contributed by atoms with Crippen LogP contribution >= 0.6 is 0 Å². The summed E-state index contributed by atoms with van der Waals surface area (Å²) in [4.78, 5) is 11.3. The molecule has 1 fully saturated rings. The molecule has 0 radical (unpaired) electrons. The Labute approximate surface area is 83.8 Å². The molecule has 1 aliphatic heterocycles. The number of esters is 1. The maximum absolute atomic E-state index is 11.3. The molecule has 4 nitrogen and oxygen atoms in total. The van der Waals surface area contributed by atoms with Crippen molar-refractivity contribution in [3.63, 3.8) is 0 Å². The van der Waals surface area contributed by atoms with E-state index in [2.05, 4.69) is 6.58 Å². The van der Waals surface area contributed by atoms with Crippen LogP contribution in [-0.4, -0.2) is 24.7 Å². The molecular weight excluding hydrogens is 184 g/mol. The number of rotatable bonds is 3. The lowest BCUT2D eigenvalue weighted by atomic mass is 10.2. The maximum atomic E-state index is 11.3. The van der Waals surface area contributed by atoms with Gasteiger partial charge in [0.15, 0.2) is 5.79 Å². The van der Waals surface area contributed by atoms with E-state index in [1.165, 1.54) is 0 Å². The van der Waals surface area contributed by atoms with Crippen molar-refractivity contribution in [2.45, 2.75) is 39.3 Å². The zero-order valence-electron chi connectivity index (χ0n) is 8.83. The second kappa shape index (κ2) is 4.11. The van der Waals surface area contributed by atoms with Crippen molar-refractivity contribution < 1.29 is 19.0 Å². The van der Waals surface area contributed by atoms with Gasteiger partial charge in [-0.25, -0.2) is 4.79 Å². The Morgan fingerprint density at radius 1 is 1.64 bits per heavy atom. The first-order valence-electron chi connectivity index (χ1n) is 4.65. The van der Waals surface area contributed by atoms with Gasteiger partial charge in [0.1, 0.15) is 6.61 Å². The molecule has 1 saturated heterocycles. The van der Waals surface area contributed by atoms with Crippen LogP contribution in [0.25, 0.3) is 0 Å². The van der Waals surface area contributed by atoms with E-state index in [0.29, 0.717) is 12.0 Å². The highest BCUT2D eigenvalue weighted by molar-refractivity contribution is 5.87. The fourth-order valence-corrected chi connectivity index (χ4v) is 1.06. The first-order chi connectivity index (χ1) is 6.44. The quantitative estimate of drug-likeness (QED) is 0.513. The molecule has 4 heteroatoms. The molecule has 0 aromatic carbocycles. The van der Waals surface area contributed by atoms with Crippen LogP contribution in [0.15, 0.2) is 12.2 Å². The summed E-state index contributed by atoms with van der Waals surface area (Å²) in [7, 11) is 0. The third-order valence-corrected chi connectivity index (χ3v) is 1.94. The number of carbonyl (C=O) groups is 1. The minimum absolute atomic E-state index is 0.274. The first kappa shape index (κ1) is 11.2. The van der Waals surface area contributed by atoms with Gasteiger partial charge in [-0.15, -0.1) is 0 Å². The fraction of sp³-hybridized carbons (Fsp3) is 0.700. The van der Waals surface area contributed by atoms with E-state index < -0.39 is 18.0 Å². The third kappa shape index (κ3) is 2.82. The Morgan fingerprint density at radius 3 is 2.71 bits per heavy atom. The van der Waals surface area contributed by atoms with E-state index in [1.807, 2.05) is 6.92 Å². The molecule has 1 unspecified atom stereocenters. The van der Waals surface area contributed by atoms with Crippen molar-refractivity contribution in [3.8, 4) is 0 Å². The van der Waals surface area contributed by atoms with Gasteiger partial charge >= 0.3 is 5.97 Å². The molecule has 0 N–H and O–H groups in total. The van der Waals surface area contributed by atoms with Crippen LogP contribution in [0, 0.1) is 0 Å². The Morgan fingerprint density at radius 2 is 2.29 bits per heavy atom. The first-order valence-corrected chi connectivity index (χ1v) is 4.65. The second-order valence-electron chi connectivity index (χ2n) is 3.62. The largest absolute Gasteiger partial charge is 0.430 e. The highest BCUT2D eigenvalue weighted by atomic mass is 16.8. The summed E-state index contributed by atoms with van der Waals surface area (Å²) in [5.74, 6) is -1.09. The highest BCUT2D eigenvalue weighted by Crippen LogP contribution is 2.23. The van der Waals surface area contributed by atoms with Crippen molar-refractivity contribution in [3.05, 3.63) is 12.2 Å². The highest BCUT2D eigenvalue weighted by Gasteiger charge is 2.35. The van der Waals surface area contributed by atoms with Crippen molar-refractivity contribution in [1.82, 2.24) is 0 Å². The monoisotopic (exact) mass is 200 g/mol. The van der Waals surface area contributed by atoms with Gasteiger partial charge in [0.2, 0.25) is 6.29 Å². The number of ether oxygens (including phenoxy) is 3. The van der Waals surface area contributed by atoms with E-state index in [-0.39, 0.29) is 6.61 Å². The van der Waals surface area contributed by atoms with Gasteiger partial charge in [-0.1, -0.05) is 13.5 Å². The van der Waals surface area contributed by atoms with Crippen LogP contribution in [0.1, 0.15) is 27.2 Å². The standard InChI is InChI=1S/C10H16O4/c1-5-7(2)9(11)13-8-6-12-10(3,4)14-8/h8H,2,5-6H2,1,3-4H3. The molecule has 80 valence electrons. The van der Waals surface area contributed by atoms with Gasteiger partial charge in [-0.2, -0.15) is 0 Å². The van der Waals surface area contributed by atoms with E-state index in [9.17, 15) is 4.79 Å². The summed E-state index contributed by atoms with van der Waals surface area (Å²) in [6.07, 6.45) is -0.0312. The van der Waals surface area contributed by atoms with Gasteiger partial charge in [-0.05, 0) is 20.3 Å². The summed E-state index contributed by atoms with van der Waals surface area (Å²) in [5, 5.41) is 0. The molecule has 0 aromatic heterocycles. The maximum Gasteiger partial charge on any atom is 0.335 e. The normalized spacial score (nSPS) is 24.6. The van der Waals surface area contributed by atoms with Crippen LogP contribution in [0.3, 0.4) is 0 Å². The molecular formula is C10H16O4. The predicted octanol–water partition coefficient (Wildman–Crippen LogP) is 1.60. The molecule has 0 spiro atoms. The molecule has 1 aliphatic rings. The number of carbonyl (C=O) groups excluding carboxylic acids is 1. The molecule has 1 atom stereocenters. The van der Waals surface area contributed by atoms with Crippen LogP contribution in [0.5, 0.6) is 0 Å². The summed E-state index contributed by atoms with van der Waals surface area (Å²) in [5.41, 5.74) is 0.443. The van der Waals surface area contributed by atoms with Crippen LogP contribution in [0.2, 0.25) is 0 Å². The smallest absolute Gasteiger partial charge is 0.335 e. The molecule has 14 heavy (non-hydrogen) atoms. The van der Waals surface area contributed by atoms with Gasteiger partial charge < -0.3 is 14.2 Å². The summed E-state index contributed by atoms with van der Waals surface area (Å²) in [6.45, 7) is 9.25. The minimum atomic E-state index is -0.668. The van der Waals surface area contributed by atoms with Crippen molar-refractivity contribution in [1.29, 1.82) is 0 Å². The average Bonchev–Trinajstić information content (AvgIpc) is 2.44. The van der Waals surface area contributed by atoms with E-state index in [1.54, 1.807) is 13.8 Å². The molecule has 0 saturated carbocycles. The molecule has 1 heterocycles. The Balaban J connectivity index is 2.40. The van der Waals surface area contributed by atoms with E-state index >= 15 is 0 Å². The van der Waals surface area contributed by atoms with Crippen molar-refractivity contribution in [2.24, 2.45) is 0 Å². The van der Waals surface area contributed by atoms with Gasteiger partial charge in [0.25, 0.3) is 0 Å². The summed E-state index contributed by atoms with van der Waals surface area (Å²) >= 11 is 0. The minimum Gasteiger partial charge on any atom is -0.430 e. The van der Waals surface area contributed by atoms with Crippen molar-refractivity contribution in [2.75, 3.05) is 6.61 Å². The van der Waals surface area contributed by atoms with Crippen LogP contribution in [0.4, 0.5) is 0 Å². The SMILES string of the molecule is C=C(CC)C(=O)OC1COC(C)(C)O1. The van der Waals surface area contributed by atoms with E-state index in [4.69, 9.17) is 14.2 Å². The molecule has 1 rings (SSSR count). The van der Waals surface area contributed by atoms with Crippen LogP contribution < -0.4 is 0 Å². The third-order valence-electron chi connectivity index (χ3n) is 1.94. The second-order valence-corrected chi connectivity index (χ2v) is 3.62.